The molecular weight excluding hydrogens is 416 g/mol. The smallest absolute Gasteiger partial charge is 0.383 e. The molecule has 5 heteroatoms. The summed E-state index contributed by atoms with van der Waals surface area (Å²) in [4.78, 5) is 12.7. The number of benzene rings is 1. The second-order valence-corrected chi connectivity index (χ2v) is 8.54. The highest BCUT2D eigenvalue weighted by Crippen LogP contribution is 2.39. The third-order valence-corrected chi connectivity index (χ3v) is 4.86. The molecule has 0 aliphatic rings. The predicted octanol–water partition coefficient (Wildman–Crippen LogP) is 7.39. The van der Waals surface area contributed by atoms with Gasteiger partial charge in [-0.05, 0) is 78.5 Å². The zero-order valence-corrected chi connectivity index (χ0v) is 20.9. The minimum absolute atomic E-state index is 0.0787. The summed E-state index contributed by atoms with van der Waals surface area (Å²) in [7, 11) is 0. The van der Waals surface area contributed by atoms with Gasteiger partial charge >= 0.3 is 5.63 Å². The van der Waals surface area contributed by atoms with Crippen LogP contribution >= 0.6 is 0 Å². The highest BCUT2D eigenvalue weighted by Gasteiger charge is 2.22. The highest BCUT2D eigenvalue weighted by atomic mass is 16.5. The van der Waals surface area contributed by atoms with Crippen molar-refractivity contribution >= 4 is 11.0 Å². The van der Waals surface area contributed by atoms with Crippen LogP contribution in [-0.4, -0.2) is 19.3 Å². The predicted molar refractivity (Wildman–Crippen MR) is 136 cm³/mol. The van der Waals surface area contributed by atoms with Crippen LogP contribution in [0.1, 0.15) is 67.2 Å². The van der Waals surface area contributed by atoms with Gasteiger partial charge in [0.05, 0.1) is 12.7 Å². The van der Waals surface area contributed by atoms with E-state index in [2.05, 4.69) is 45.9 Å². The fourth-order valence-electron chi connectivity index (χ4n) is 3.25. The number of fused-ring (bicyclic) bond motifs is 1. The molecule has 5 nitrogen and oxygen atoms in total. The van der Waals surface area contributed by atoms with E-state index in [0.717, 1.165) is 25.7 Å². The molecule has 0 amide bonds. The first-order chi connectivity index (χ1) is 15.8. The normalized spacial score (nSPS) is 11.9. The molecule has 1 aromatic heterocycles. The molecule has 0 fully saturated rings. The summed E-state index contributed by atoms with van der Waals surface area (Å²) in [6.45, 7) is 12.9. The molecule has 0 radical (unpaired) electrons. The Labute approximate surface area is 197 Å². The van der Waals surface area contributed by atoms with Gasteiger partial charge in [0.15, 0.2) is 5.75 Å². The van der Waals surface area contributed by atoms with Crippen molar-refractivity contribution in [3.8, 4) is 17.2 Å². The minimum atomic E-state index is -0.557. The largest absolute Gasteiger partial charge is 0.492 e. The zero-order valence-electron chi connectivity index (χ0n) is 20.9. The van der Waals surface area contributed by atoms with Crippen molar-refractivity contribution in [1.29, 1.82) is 0 Å². The molecule has 0 saturated carbocycles. The lowest BCUT2D eigenvalue weighted by molar-refractivity contribution is 0.216. The van der Waals surface area contributed by atoms with Gasteiger partial charge in [0.2, 0.25) is 5.75 Å². The monoisotopic (exact) mass is 454 g/mol. The maximum absolute atomic E-state index is 12.7. The quantitative estimate of drug-likeness (QED) is 0.179. The van der Waals surface area contributed by atoms with Crippen LogP contribution in [0.5, 0.6) is 17.2 Å². The molecule has 1 aromatic carbocycles. The Bertz CT molecular complexity index is 1040. The molecule has 0 saturated heterocycles. The molecule has 0 N–H and O–H groups in total. The fraction of sp³-hybridized carbons (Fsp3) is 0.464. The third kappa shape index (κ3) is 8.49. The van der Waals surface area contributed by atoms with E-state index < -0.39 is 5.63 Å². The van der Waals surface area contributed by atoms with Gasteiger partial charge in [-0.2, -0.15) is 0 Å². The van der Waals surface area contributed by atoms with Crippen LogP contribution in [-0.2, 0) is 0 Å². The van der Waals surface area contributed by atoms with Crippen molar-refractivity contribution in [2.75, 3.05) is 13.2 Å². The van der Waals surface area contributed by atoms with E-state index in [1.807, 2.05) is 32.1 Å². The van der Waals surface area contributed by atoms with Crippen LogP contribution in [0.25, 0.3) is 11.0 Å². The summed E-state index contributed by atoms with van der Waals surface area (Å²) in [6.07, 6.45) is 12.0. The van der Waals surface area contributed by atoms with E-state index in [4.69, 9.17) is 18.6 Å². The molecule has 0 aliphatic carbocycles. The lowest BCUT2D eigenvalue weighted by Gasteiger charge is -2.17. The molecule has 0 unspecified atom stereocenters. The molecule has 0 aliphatic heterocycles. The van der Waals surface area contributed by atoms with Gasteiger partial charge in [0.25, 0.3) is 0 Å². The summed E-state index contributed by atoms with van der Waals surface area (Å²) in [5.74, 6) is 1.05. The molecule has 33 heavy (non-hydrogen) atoms. The summed E-state index contributed by atoms with van der Waals surface area (Å²) in [5.41, 5.74) is 2.40. The van der Waals surface area contributed by atoms with Crippen LogP contribution in [0.3, 0.4) is 0 Å². The molecule has 2 aromatic rings. The first-order valence-electron chi connectivity index (χ1n) is 11.8. The topological polar surface area (TPSA) is 57.9 Å². The van der Waals surface area contributed by atoms with Crippen LogP contribution in [0, 0.1) is 0 Å². The second kappa shape index (κ2) is 13.6. The SMILES string of the molecule is CCC=CCCOc1cccc2oc(=O)c(OC(C)C)c(OC/C=C(\C)CCC=C(C)C)c12. The number of ether oxygens (including phenoxy) is 3. The molecule has 0 bridgehead atoms. The number of rotatable bonds is 13. The summed E-state index contributed by atoms with van der Waals surface area (Å²) in [6, 6.07) is 5.41. The van der Waals surface area contributed by atoms with Crippen molar-refractivity contribution in [1.82, 2.24) is 0 Å². The molecular formula is C28H38O5. The van der Waals surface area contributed by atoms with Crippen LogP contribution in [0.4, 0.5) is 0 Å². The van der Waals surface area contributed by atoms with Gasteiger partial charge in [0, 0.05) is 0 Å². The Balaban J connectivity index is 2.37. The van der Waals surface area contributed by atoms with Gasteiger partial charge < -0.3 is 18.6 Å². The average molecular weight is 455 g/mol. The van der Waals surface area contributed by atoms with Crippen molar-refractivity contribution in [3.63, 3.8) is 0 Å². The maximum Gasteiger partial charge on any atom is 0.383 e. The highest BCUT2D eigenvalue weighted by molar-refractivity contribution is 5.91. The lowest BCUT2D eigenvalue weighted by Crippen LogP contribution is -2.15. The van der Waals surface area contributed by atoms with Crippen LogP contribution < -0.4 is 19.8 Å². The zero-order chi connectivity index (χ0) is 24.2. The van der Waals surface area contributed by atoms with Crippen molar-refractivity contribution in [2.45, 2.75) is 73.3 Å². The number of hydrogen-bond donors (Lipinski definition) is 0. The van der Waals surface area contributed by atoms with Crippen molar-refractivity contribution in [3.05, 3.63) is 64.1 Å². The van der Waals surface area contributed by atoms with E-state index in [0.29, 0.717) is 35.7 Å². The van der Waals surface area contributed by atoms with E-state index in [-0.39, 0.29) is 11.9 Å². The van der Waals surface area contributed by atoms with Crippen LogP contribution in [0.2, 0.25) is 0 Å². The van der Waals surface area contributed by atoms with E-state index in [1.165, 1.54) is 11.1 Å². The summed E-state index contributed by atoms with van der Waals surface area (Å²) in [5, 5.41) is 0.614. The van der Waals surface area contributed by atoms with E-state index in [1.54, 1.807) is 6.07 Å². The molecule has 0 atom stereocenters. The van der Waals surface area contributed by atoms with Gasteiger partial charge in [-0.15, -0.1) is 0 Å². The first kappa shape index (κ1) is 26.3. The summed E-state index contributed by atoms with van der Waals surface area (Å²) < 4.78 is 23.5. The Morgan fingerprint density at radius 1 is 1.03 bits per heavy atom. The number of hydrogen-bond acceptors (Lipinski definition) is 5. The van der Waals surface area contributed by atoms with E-state index >= 15 is 0 Å². The standard InChI is InChI=1S/C28H38O5/c1-7-8-9-10-18-30-23-15-12-16-24-25(23)26(27(28(29)33-24)32-21(4)5)31-19-17-22(6)14-11-13-20(2)3/h8-9,12-13,15-17,21H,7,10-11,14,18-19H2,1-6H3/b9-8?,22-17+. The number of allylic oxidation sites excluding steroid dienone is 4. The molecule has 0 spiro atoms. The van der Waals surface area contributed by atoms with Gasteiger partial charge in [0.1, 0.15) is 23.3 Å². The molecule has 1 heterocycles. The van der Waals surface area contributed by atoms with Gasteiger partial charge in [-0.25, -0.2) is 4.79 Å². The maximum atomic E-state index is 12.7. The lowest BCUT2D eigenvalue weighted by atomic mass is 10.1. The van der Waals surface area contributed by atoms with Gasteiger partial charge in [-0.3, -0.25) is 0 Å². The third-order valence-electron chi connectivity index (χ3n) is 4.86. The minimum Gasteiger partial charge on any atom is -0.492 e. The Kier molecular flexibility index (Phi) is 10.8. The molecule has 2 rings (SSSR count). The Morgan fingerprint density at radius 3 is 2.52 bits per heavy atom. The summed E-state index contributed by atoms with van der Waals surface area (Å²) >= 11 is 0. The first-order valence-corrected chi connectivity index (χ1v) is 11.8. The van der Waals surface area contributed by atoms with Crippen molar-refractivity contribution in [2.24, 2.45) is 0 Å². The molecule has 180 valence electrons. The van der Waals surface area contributed by atoms with E-state index in [9.17, 15) is 4.79 Å². The van der Waals surface area contributed by atoms with Gasteiger partial charge in [-0.1, -0.05) is 42.4 Å². The Morgan fingerprint density at radius 2 is 1.82 bits per heavy atom. The van der Waals surface area contributed by atoms with Crippen molar-refractivity contribution < 1.29 is 18.6 Å². The van der Waals surface area contributed by atoms with Crippen LogP contribution in [0.15, 0.2) is 62.9 Å². The fourth-order valence-corrected chi connectivity index (χ4v) is 3.25. The Hall–Kier alpha value is -2.95. The average Bonchev–Trinajstić information content (AvgIpc) is 2.75. The second-order valence-electron chi connectivity index (χ2n) is 8.54.